The summed E-state index contributed by atoms with van der Waals surface area (Å²) in [6, 6.07) is 0. The first kappa shape index (κ1) is 43.7. The first-order valence-corrected chi connectivity index (χ1v) is 18.8. The zero-order chi connectivity index (χ0) is 36.1. The van der Waals surface area contributed by atoms with Gasteiger partial charge in [-0.05, 0) is 0 Å². The van der Waals surface area contributed by atoms with E-state index in [0.29, 0.717) is 12.3 Å². The summed E-state index contributed by atoms with van der Waals surface area (Å²) < 4.78 is 61.4. The largest absolute Gasteiger partial charge is 1.00 e. The summed E-state index contributed by atoms with van der Waals surface area (Å²) in [6.07, 6.45) is -6.94. The van der Waals surface area contributed by atoms with Gasteiger partial charge in [0.2, 0.25) is 11.8 Å². The number of aromatic nitrogens is 4. The van der Waals surface area contributed by atoms with Gasteiger partial charge in [0.1, 0.15) is 36.3 Å². The number of nitrogen functional groups attached to an aromatic ring is 1. The minimum absolute atomic E-state index is 0. The summed E-state index contributed by atoms with van der Waals surface area (Å²) in [5, 5.41) is 26.0. The Morgan fingerprint density at radius 2 is 1.80 bits per heavy atom. The van der Waals surface area contributed by atoms with Gasteiger partial charge < -0.3 is 55.4 Å². The quantitative estimate of drug-likeness (QED) is 0.0388. The van der Waals surface area contributed by atoms with E-state index in [0.717, 1.165) is 17.2 Å². The van der Waals surface area contributed by atoms with E-state index in [9.17, 15) is 53.1 Å². The van der Waals surface area contributed by atoms with E-state index in [1.54, 1.807) is 0 Å². The summed E-state index contributed by atoms with van der Waals surface area (Å²) in [6.45, 7) is 0.673. The molecule has 23 nitrogen and oxygen atoms in total. The molecule has 28 heteroatoms. The number of thiol groups is 1. The number of ether oxygens (including phenoxy) is 1. The van der Waals surface area contributed by atoms with Crippen LogP contribution in [0.2, 0.25) is 0 Å². The van der Waals surface area contributed by atoms with Crippen molar-refractivity contribution in [2.24, 2.45) is 5.41 Å². The molecule has 9 N–H and O–H groups in total. The molecule has 0 saturated carbocycles. The van der Waals surface area contributed by atoms with Gasteiger partial charge in [-0.3, -0.25) is 27.8 Å². The number of rotatable bonds is 18. The fourth-order valence-corrected chi connectivity index (χ4v) is 7.06. The van der Waals surface area contributed by atoms with Crippen molar-refractivity contribution in [2.75, 3.05) is 37.8 Å². The maximum Gasteiger partial charge on any atom is 1.00 e. The SMILES string of the molecule is CC(C)(COP(=O)(O)OP(=O)(O)OC[C@H]1O[C@@H](n2cnc3c(N)ncnc32)[C@H](O)[C@@H]1OP(=O)([O-])O)[C@@H](O)C(=O)NCCC(=O)NCCS.[Li+]. The number of anilines is 1. The summed E-state index contributed by atoms with van der Waals surface area (Å²) in [5.41, 5.74) is 4.26. The number of fused-ring (bicyclic) bond motifs is 1. The normalized spacial score (nSPS) is 23.9. The van der Waals surface area contributed by atoms with Crippen molar-refractivity contribution in [3.8, 4) is 0 Å². The van der Waals surface area contributed by atoms with Crippen LogP contribution in [0.3, 0.4) is 0 Å². The van der Waals surface area contributed by atoms with Crippen LogP contribution < -0.4 is 40.1 Å². The number of hydrogen-bond acceptors (Lipinski definition) is 18. The van der Waals surface area contributed by atoms with Crippen molar-refractivity contribution in [2.45, 2.75) is 50.9 Å². The maximum atomic E-state index is 12.6. The molecule has 272 valence electrons. The first-order chi connectivity index (χ1) is 22.2. The molecular weight excluding hydrogens is 738 g/mol. The number of nitrogens with zero attached hydrogens (tertiary/aromatic N) is 4. The monoisotopic (exact) mass is 773 g/mol. The summed E-state index contributed by atoms with van der Waals surface area (Å²) in [7, 11) is -16.6. The van der Waals surface area contributed by atoms with Crippen LogP contribution in [0.5, 0.6) is 0 Å². The van der Waals surface area contributed by atoms with Crippen LogP contribution in [0.1, 0.15) is 26.5 Å². The van der Waals surface area contributed by atoms with E-state index >= 15 is 0 Å². The minimum Gasteiger partial charge on any atom is -0.756 e. The standard InChI is InChI=1S/C21H36N7O16P3S.Li/c1-21(2,16(31)19(32)24-4-3-12(29)23-5-6-48)8-41-47(38,39)44-46(36,37)40-7-11-15(43-45(33,34)35)14(30)20(42-11)28-10-27-13-17(22)25-9-26-18(13)28;/h9-11,14-16,20,30-31,48H,3-8H2,1-2H3,(H,23,29)(H,24,32)(H,36,37)(H,38,39)(H2,22,25,26)(H2,33,34,35);/q;+1/p-1/t11-,14-,15-,16+,20-;/m1./s1. The molecular formula is C21H35LiN7O16P3S. The molecule has 3 unspecified atom stereocenters. The number of phosphoric acid groups is 3. The average molecular weight is 773 g/mol. The Labute approximate surface area is 295 Å². The Morgan fingerprint density at radius 1 is 1.14 bits per heavy atom. The van der Waals surface area contributed by atoms with Gasteiger partial charge in [-0.1, -0.05) is 13.8 Å². The Morgan fingerprint density at radius 3 is 2.43 bits per heavy atom. The van der Waals surface area contributed by atoms with E-state index in [-0.39, 0.29) is 54.7 Å². The fraction of sp³-hybridized carbons (Fsp3) is 0.667. The molecule has 1 aliphatic rings. The van der Waals surface area contributed by atoms with Gasteiger partial charge in [0, 0.05) is 30.7 Å². The molecule has 0 bridgehead atoms. The van der Waals surface area contributed by atoms with Crippen LogP contribution >= 0.6 is 36.1 Å². The number of carbonyl (C=O) groups is 2. The van der Waals surface area contributed by atoms with E-state index in [4.69, 9.17) is 15.0 Å². The minimum atomic E-state index is -5.56. The van der Waals surface area contributed by atoms with Gasteiger partial charge in [0.25, 0.3) is 7.82 Å². The van der Waals surface area contributed by atoms with Crippen molar-refractivity contribution in [3.05, 3.63) is 12.7 Å². The van der Waals surface area contributed by atoms with Gasteiger partial charge in [-0.25, -0.2) is 24.1 Å². The molecule has 0 aromatic carbocycles. The van der Waals surface area contributed by atoms with Crippen LogP contribution in [0, 0.1) is 5.41 Å². The molecule has 1 saturated heterocycles. The number of imidazole rings is 1. The second-order valence-corrected chi connectivity index (χ2v) is 15.4. The topological polar surface area (TPSA) is 349 Å². The molecule has 0 spiro atoms. The molecule has 1 fully saturated rings. The molecule has 49 heavy (non-hydrogen) atoms. The van der Waals surface area contributed by atoms with Gasteiger partial charge in [0.15, 0.2) is 17.7 Å². The van der Waals surface area contributed by atoms with Crippen LogP contribution in [-0.2, 0) is 45.9 Å². The third-order valence-corrected chi connectivity index (χ3v) is 9.82. The van der Waals surface area contributed by atoms with E-state index in [1.165, 1.54) is 13.8 Å². The summed E-state index contributed by atoms with van der Waals surface area (Å²) in [4.78, 5) is 76.6. The van der Waals surface area contributed by atoms with Crippen LogP contribution in [-0.4, -0.2) is 113 Å². The number of nitrogens with two attached hydrogens (primary N) is 1. The van der Waals surface area contributed by atoms with Crippen LogP contribution in [0.25, 0.3) is 11.2 Å². The van der Waals surface area contributed by atoms with E-state index < -0.39 is 78.6 Å². The molecule has 2 aromatic heterocycles. The molecule has 8 atom stereocenters. The van der Waals surface area contributed by atoms with Crippen molar-refractivity contribution >= 4 is 64.9 Å². The average Bonchev–Trinajstić information content (AvgIpc) is 3.54. The Kier molecular flexibility index (Phi) is 15.9. The zero-order valence-corrected chi connectivity index (χ0v) is 29.7. The van der Waals surface area contributed by atoms with E-state index in [2.05, 4.69) is 51.6 Å². The molecule has 0 aliphatic carbocycles. The Balaban J connectivity index is 0.00000833. The van der Waals surface area contributed by atoms with Crippen molar-refractivity contribution in [3.63, 3.8) is 0 Å². The molecule has 3 heterocycles. The number of phosphoric ester groups is 3. The first-order valence-electron chi connectivity index (χ1n) is 13.6. The van der Waals surface area contributed by atoms with Gasteiger partial charge in [-0.15, -0.1) is 0 Å². The number of nitrogens with one attached hydrogen (secondary N) is 2. The summed E-state index contributed by atoms with van der Waals surface area (Å²) >= 11 is 3.95. The zero-order valence-electron chi connectivity index (χ0n) is 26.2. The number of carbonyl (C=O) groups excluding carboxylic acids is 2. The van der Waals surface area contributed by atoms with Crippen LogP contribution in [0.15, 0.2) is 12.7 Å². The number of aliphatic hydroxyl groups is 2. The third-order valence-electron chi connectivity index (χ3n) is 6.51. The predicted molar refractivity (Wildman–Crippen MR) is 161 cm³/mol. The Hall–Kier alpha value is -1.51. The molecule has 0 radical (unpaired) electrons. The summed E-state index contributed by atoms with van der Waals surface area (Å²) in [5.74, 6) is -0.963. The van der Waals surface area contributed by atoms with Crippen LogP contribution in [0.4, 0.5) is 5.82 Å². The maximum absolute atomic E-state index is 12.6. The Bertz CT molecular complexity index is 1600. The van der Waals surface area contributed by atoms with Crippen molar-refractivity contribution in [1.29, 1.82) is 0 Å². The molecule has 2 amide bonds. The van der Waals surface area contributed by atoms with E-state index in [1.807, 2.05) is 0 Å². The van der Waals surface area contributed by atoms with Gasteiger partial charge in [0.05, 0.1) is 19.5 Å². The fourth-order valence-electron chi connectivity index (χ4n) is 4.13. The molecule has 2 aromatic rings. The molecule has 1 aliphatic heterocycles. The predicted octanol–water partition coefficient (Wildman–Crippen LogP) is -5.29. The second-order valence-electron chi connectivity index (χ2n) is 10.8. The van der Waals surface area contributed by atoms with Gasteiger partial charge in [-0.2, -0.15) is 16.9 Å². The number of hydrogen-bond donors (Lipinski definition) is 9. The number of aliphatic hydroxyl groups excluding tert-OH is 2. The third kappa shape index (κ3) is 12.6. The van der Waals surface area contributed by atoms with Crippen molar-refractivity contribution < 1.29 is 94.6 Å². The smallest absolute Gasteiger partial charge is 0.756 e. The van der Waals surface area contributed by atoms with Crippen molar-refractivity contribution in [1.82, 2.24) is 30.2 Å². The van der Waals surface area contributed by atoms with Gasteiger partial charge >= 0.3 is 34.5 Å². The molecule has 3 rings (SSSR count). The second kappa shape index (κ2) is 17.8. The number of amides is 2.